The second-order valence-corrected chi connectivity index (χ2v) is 9.58. The second kappa shape index (κ2) is 11.7. The van der Waals surface area contributed by atoms with Gasteiger partial charge in [-0.1, -0.05) is 72.8 Å². The van der Waals surface area contributed by atoms with Gasteiger partial charge in [-0.3, -0.25) is 4.79 Å². The Morgan fingerprint density at radius 3 is 2.42 bits per heavy atom. The molecule has 0 saturated carbocycles. The molecule has 5 aromatic rings. The number of anilines is 1. The van der Waals surface area contributed by atoms with E-state index < -0.39 is 18.0 Å². The van der Waals surface area contributed by atoms with E-state index >= 15 is 0 Å². The molecule has 0 aliphatic carbocycles. The van der Waals surface area contributed by atoms with Crippen molar-refractivity contribution in [3.05, 3.63) is 119 Å². The summed E-state index contributed by atoms with van der Waals surface area (Å²) in [6.07, 6.45) is -0.692. The average Bonchev–Trinajstić information content (AvgIpc) is 3.44. The summed E-state index contributed by atoms with van der Waals surface area (Å²) in [5.74, 6) is -0.396. The van der Waals surface area contributed by atoms with Gasteiger partial charge in [0.25, 0.3) is 5.91 Å². The van der Waals surface area contributed by atoms with Crippen molar-refractivity contribution in [2.75, 3.05) is 5.32 Å². The molecule has 0 aliphatic heterocycles. The zero-order valence-corrected chi connectivity index (χ0v) is 21.3. The number of alkyl carbamates (subject to hydrolysis) is 1. The number of fused-ring (bicyclic) bond motifs is 1. The van der Waals surface area contributed by atoms with Crippen molar-refractivity contribution in [1.29, 1.82) is 0 Å². The molecule has 4 aromatic carbocycles. The lowest BCUT2D eigenvalue weighted by Gasteiger charge is -2.19. The molecule has 0 spiro atoms. The molecule has 38 heavy (non-hydrogen) atoms. The van der Waals surface area contributed by atoms with Crippen LogP contribution in [-0.2, 0) is 22.7 Å². The molecule has 0 bridgehead atoms. The number of nitrogens with one attached hydrogen (secondary N) is 2. The minimum absolute atomic E-state index is 0.0948. The van der Waals surface area contributed by atoms with Gasteiger partial charge in [-0.05, 0) is 52.1 Å². The van der Waals surface area contributed by atoms with E-state index in [1.165, 1.54) is 0 Å². The molecule has 2 amide bonds. The quantitative estimate of drug-likeness (QED) is 0.231. The highest BCUT2D eigenvalue weighted by Crippen LogP contribution is 2.27. The molecule has 5 rings (SSSR count). The summed E-state index contributed by atoms with van der Waals surface area (Å²) < 4.78 is 6.51. The summed E-state index contributed by atoms with van der Waals surface area (Å²) in [7, 11) is 0. The van der Waals surface area contributed by atoms with Crippen LogP contribution in [-0.4, -0.2) is 17.0 Å². The lowest BCUT2D eigenvalue weighted by molar-refractivity contribution is -0.118. The van der Waals surface area contributed by atoms with Gasteiger partial charge >= 0.3 is 6.09 Å². The third-order valence-electron chi connectivity index (χ3n) is 6.08. The molecule has 0 aliphatic rings. The van der Waals surface area contributed by atoms with Crippen molar-refractivity contribution in [3.8, 4) is 11.1 Å². The predicted molar refractivity (Wildman–Crippen MR) is 151 cm³/mol. The SMILES string of the molecule is NCc1cccc(NC(=O)[C@@H](NC(=O)OCc2ccccc2)c2ccc(-c3ccc4scnc4c3)cc2)c1. The summed E-state index contributed by atoms with van der Waals surface area (Å²) in [6.45, 7) is 0.447. The lowest BCUT2D eigenvalue weighted by atomic mass is 10.00. The molecule has 4 N–H and O–H groups in total. The molecule has 7 nitrogen and oxygen atoms in total. The number of hydrogen-bond donors (Lipinski definition) is 3. The van der Waals surface area contributed by atoms with E-state index in [-0.39, 0.29) is 6.61 Å². The fourth-order valence-corrected chi connectivity index (χ4v) is 4.74. The van der Waals surface area contributed by atoms with Crippen LogP contribution < -0.4 is 16.4 Å². The van der Waals surface area contributed by atoms with Gasteiger partial charge in [0.15, 0.2) is 0 Å². The number of nitrogens with two attached hydrogens (primary N) is 1. The number of nitrogens with zero attached hydrogens (tertiary/aromatic N) is 1. The molecule has 1 heterocycles. The van der Waals surface area contributed by atoms with Gasteiger partial charge in [0, 0.05) is 12.2 Å². The van der Waals surface area contributed by atoms with Crippen molar-refractivity contribution in [2.45, 2.75) is 19.2 Å². The van der Waals surface area contributed by atoms with E-state index in [4.69, 9.17) is 10.5 Å². The van der Waals surface area contributed by atoms with Crippen molar-refractivity contribution in [1.82, 2.24) is 10.3 Å². The number of rotatable bonds is 8. The topological polar surface area (TPSA) is 106 Å². The van der Waals surface area contributed by atoms with Gasteiger partial charge < -0.3 is 21.1 Å². The van der Waals surface area contributed by atoms with Crippen LogP contribution in [0.2, 0.25) is 0 Å². The first-order valence-electron chi connectivity index (χ1n) is 12.1. The van der Waals surface area contributed by atoms with Crippen molar-refractivity contribution >= 4 is 39.2 Å². The molecule has 1 aromatic heterocycles. The van der Waals surface area contributed by atoms with Gasteiger partial charge in [0.2, 0.25) is 0 Å². The number of ether oxygens (including phenoxy) is 1. The highest BCUT2D eigenvalue weighted by atomic mass is 32.1. The fraction of sp³-hybridized carbons (Fsp3) is 0.100. The van der Waals surface area contributed by atoms with Gasteiger partial charge in [0.05, 0.1) is 15.7 Å². The summed E-state index contributed by atoms with van der Waals surface area (Å²) in [5.41, 5.74) is 13.5. The minimum Gasteiger partial charge on any atom is -0.445 e. The van der Waals surface area contributed by atoms with Crippen LogP contribution in [0.3, 0.4) is 0 Å². The molecule has 0 saturated heterocycles. The molecule has 0 fully saturated rings. The van der Waals surface area contributed by atoms with E-state index in [0.717, 1.165) is 32.5 Å². The first kappa shape index (κ1) is 25.1. The third-order valence-corrected chi connectivity index (χ3v) is 6.89. The normalized spacial score (nSPS) is 11.6. The summed E-state index contributed by atoms with van der Waals surface area (Å²) in [6, 6.07) is 29.3. The first-order valence-corrected chi connectivity index (χ1v) is 13.0. The highest BCUT2D eigenvalue weighted by Gasteiger charge is 2.24. The van der Waals surface area contributed by atoms with Crippen LogP contribution in [0.1, 0.15) is 22.7 Å². The number of benzene rings is 4. The van der Waals surface area contributed by atoms with Gasteiger partial charge in [-0.15, -0.1) is 11.3 Å². The van der Waals surface area contributed by atoms with Crippen LogP contribution in [0.4, 0.5) is 10.5 Å². The lowest BCUT2D eigenvalue weighted by Crippen LogP contribution is -2.37. The Balaban J connectivity index is 1.36. The second-order valence-electron chi connectivity index (χ2n) is 8.69. The van der Waals surface area contributed by atoms with Crippen LogP contribution in [0.15, 0.2) is 103 Å². The van der Waals surface area contributed by atoms with E-state index in [9.17, 15) is 9.59 Å². The van der Waals surface area contributed by atoms with Gasteiger partial charge in [-0.2, -0.15) is 0 Å². The number of hydrogen-bond acceptors (Lipinski definition) is 6. The summed E-state index contributed by atoms with van der Waals surface area (Å²) in [5, 5.41) is 5.61. The molecule has 0 unspecified atom stereocenters. The van der Waals surface area contributed by atoms with E-state index in [1.807, 2.05) is 90.4 Å². The van der Waals surface area contributed by atoms with Crippen molar-refractivity contribution in [2.24, 2.45) is 5.73 Å². The van der Waals surface area contributed by atoms with E-state index in [1.54, 1.807) is 23.5 Å². The van der Waals surface area contributed by atoms with Gasteiger partial charge in [-0.25, -0.2) is 9.78 Å². The summed E-state index contributed by atoms with van der Waals surface area (Å²) >= 11 is 1.60. The third kappa shape index (κ3) is 6.05. The predicted octanol–water partition coefficient (Wildman–Crippen LogP) is 6.03. The van der Waals surface area contributed by atoms with Crippen LogP contribution in [0.5, 0.6) is 0 Å². The Morgan fingerprint density at radius 1 is 0.868 bits per heavy atom. The zero-order valence-electron chi connectivity index (χ0n) is 20.5. The molecule has 1 atom stereocenters. The Kier molecular flexibility index (Phi) is 7.73. The number of aromatic nitrogens is 1. The van der Waals surface area contributed by atoms with E-state index in [2.05, 4.69) is 15.6 Å². The molecule has 0 radical (unpaired) electrons. The maximum atomic E-state index is 13.4. The monoisotopic (exact) mass is 522 g/mol. The smallest absolute Gasteiger partial charge is 0.408 e. The molecular formula is C30H26N4O3S. The van der Waals surface area contributed by atoms with Crippen LogP contribution in [0, 0.1) is 0 Å². The fourth-order valence-electron chi connectivity index (χ4n) is 4.08. The first-order chi connectivity index (χ1) is 18.6. The Hall–Kier alpha value is -4.53. The number of carbonyl (C=O) groups excluding carboxylic acids is 2. The summed E-state index contributed by atoms with van der Waals surface area (Å²) in [4.78, 5) is 30.5. The van der Waals surface area contributed by atoms with Crippen molar-refractivity contribution < 1.29 is 14.3 Å². The van der Waals surface area contributed by atoms with Crippen LogP contribution in [0.25, 0.3) is 21.3 Å². The maximum Gasteiger partial charge on any atom is 0.408 e. The molecule has 190 valence electrons. The highest BCUT2D eigenvalue weighted by molar-refractivity contribution is 7.16. The maximum absolute atomic E-state index is 13.4. The van der Waals surface area contributed by atoms with Crippen molar-refractivity contribution in [3.63, 3.8) is 0 Å². The zero-order chi connectivity index (χ0) is 26.3. The molecular weight excluding hydrogens is 496 g/mol. The Labute approximate surface area is 224 Å². The largest absolute Gasteiger partial charge is 0.445 e. The minimum atomic E-state index is -0.977. The molecule has 8 heteroatoms. The standard InChI is InChI=1S/C30H26N4O3S/c31-17-21-7-4-8-25(15-21)33-29(35)28(34-30(36)37-18-20-5-2-1-3-6-20)23-11-9-22(10-12-23)24-13-14-27-26(16-24)32-19-38-27/h1-16,19,28H,17-18,31H2,(H,33,35)(H,34,36)/t28-/m0/s1. The number of thiazole rings is 1. The van der Waals surface area contributed by atoms with E-state index in [0.29, 0.717) is 17.8 Å². The van der Waals surface area contributed by atoms with Crippen LogP contribution >= 0.6 is 11.3 Å². The Morgan fingerprint density at radius 2 is 1.63 bits per heavy atom. The Bertz CT molecular complexity index is 1550. The average molecular weight is 523 g/mol. The number of carbonyl (C=O) groups is 2. The number of amides is 2. The van der Waals surface area contributed by atoms with Gasteiger partial charge in [0.1, 0.15) is 12.6 Å².